The summed E-state index contributed by atoms with van der Waals surface area (Å²) in [6, 6.07) is 8.94. The Kier molecular flexibility index (Phi) is 5.87. The standard InChI is InChI=1S/C15H22ClNS/c1-17-14-5-3-2-4-6-15(14)18-11-12-7-9-13(16)10-8-12/h7-10,14-15,17H,2-6,11H2,1H3. The van der Waals surface area contributed by atoms with E-state index in [1.165, 1.54) is 37.7 Å². The van der Waals surface area contributed by atoms with Gasteiger partial charge < -0.3 is 5.32 Å². The first kappa shape index (κ1) is 14.2. The Bertz CT molecular complexity index is 352. The number of nitrogens with one attached hydrogen (secondary N) is 1. The lowest BCUT2D eigenvalue weighted by Crippen LogP contribution is -2.34. The molecule has 0 amide bonds. The summed E-state index contributed by atoms with van der Waals surface area (Å²) in [6.45, 7) is 0. The van der Waals surface area contributed by atoms with Crippen LogP contribution in [-0.2, 0) is 5.75 Å². The third-order valence-corrected chi connectivity index (χ3v) is 5.45. The highest BCUT2D eigenvalue weighted by Gasteiger charge is 2.22. The summed E-state index contributed by atoms with van der Waals surface area (Å²) >= 11 is 8.01. The van der Waals surface area contributed by atoms with Gasteiger partial charge >= 0.3 is 0 Å². The molecule has 1 aromatic carbocycles. The highest BCUT2D eigenvalue weighted by molar-refractivity contribution is 7.99. The van der Waals surface area contributed by atoms with Crippen molar-refractivity contribution in [2.45, 2.75) is 49.1 Å². The molecule has 0 spiro atoms. The van der Waals surface area contributed by atoms with Crippen LogP contribution in [0.5, 0.6) is 0 Å². The first-order valence-corrected chi connectivity index (χ1v) is 8.25. The minimum atomic E-state index is 0.685. The first-order chi connectivity index (χ1) is 8.79. The zero-order valence-electron chi connectivity index (χ0n) is 11.0. The van der Waals surface area contributed by atoms with E-state index in [4.69, 9.17) is 11.6 Å². The van der Waals surface area contributed by atoms with Crippen LogP contribution < -0.4 is 5.32 Å². The van der Waals surface area contributed by atoms with Gasteiger partial charge in [0.2, 0.25) is 0 Å². The maximum absolute atomic E-state index is 5.91. The molecular weight excluding hydrogens is 262 g/mol. The molecule has 0 heterocycles. The van der Waals surface area contributed by atoms with Crippen LogP contribution in [0.2, 0.25) is 5.02 Å². The molecule has 3 heteroatoms. The van der Waals surface area contributed by atoms with Crippen LogP contribution in [0.15, 0.2) is 24.3 Å². The Hall–Kier alpha value is -0.180. The van der Waals surface area contributed by atoms with Gasteiger partial charge in [0, 0.05) is 22.1 Å². The van der Waals surface area contributed by atoms with E-state index in [-0.39, 0.29) is 0 Å². The van der Waals surface area contributed by atoms with Crippen LogP contribution in [0.1, 0.15) is 37.7 Å². The summed E-state index contributed by atoms with van der Waals surface area (Å²) < 4.78 is 0. The fourth-order valence-corrected chi connectivity index (χ4v) is 4.15. The SMILES string of the molecule is CNC1CCCCCC1SCc1ccc(Cl)cc1. The van der Waals surface area contributed by atoms with Gasteiger partial charge in [0.05, 0.1) is 0 Å². The molecule has 0 aliphatic heterocycles. The van der Waals surface area contributed by atoms with Crippen molar-refractivity contribution in [1.82, 2.24) is 5.32 Å². The number of hydrogen-bond donors (Lipinski definition) is 1. The highest BCUT2D eigenvalue weighted by Crippen LogP contribution is 2.30. The Balaban J connectivity index is 1.88. The lowest BCUT2D eigenvalue weighted by molar-refractivity contribution is 0.510. The molecule has 2 rings (SSSR count). The van der Waals surface area contributed by atoms with E-state index in [2.05, 4.69) is 36.3 Å². The van der Waals surface area contributed by atoms with Crippen molar-refractivity contribution in [2.75, 3.05) is 7.05 Å². The zero-order chi connectivity index (χ0) is 12.8. The van der Waals surface area contributed by atoms with Gasteiger partial charge in [-0.05, 0) is 37.6 Å². The average molecular weight is 284 g/mol. The van der Waals surface area contributed by atoms with Gasteiger partial charge in [-0.3, -0.25) is 0 Å². The second-order valence-electron chi connectivity index (χ2n) is 5.01. The molecule has 2 unspecified atom stereocenters. The molecular formula is C15H22ClNS. The topological polar surface area (TPSA) is 12.0 Å². The van der Waals surface area contributed by atoms with Crippen molar-refractivity contribution < 1.29 is 0 Å². The third kappa shape index (κ3) is 4.18. The molecule has 1 aliphatic carbocycles. The van der Waals surface area contributed by atoms with E-state index >= 15 is 0 Å². The molecule has 1 aromatic rings. The third-order valence-electron chi connectivity index (χ3n) is 3.70. The van der Waals surface area contributed by atoms with Gasteiger partial charge in [-0.2, -0.15) is 11.8 Å². The quantitative estimate of drug-likeness (QED) is 0.817. The van der Waals surface area contributed by atoms with Gasteiger partial charge in [0.1, 0.15) is 0 Å². The zero-order valence-corrected chi connectivity index (χ0v) is 12.6. The van der Waals surface area contributed by atoms with Gasteiger partial charge in [-0.1, -0.05) is 43.0 Å². The molecule has 0 saturated heterocycles. The number of benzene rings is 1. The summed E-state index contributed by atoms with van der Waals surface area (Å²) in [5, 5.41) is 5.08. The number of halogens is 1. The molecule has 0 radical (unpaired) electrons. The average Bonchev–Trinajstić information content (AvgIpc) is 2.63. The van der Waals surface area contributed by atoms with Crippen molar-refractivity contribution in [2.24, 2.45) is 0 Å². The maximum Gasteiger partial charge on any atom is 0.0406 e. The second-order valence-corrected chi connectivity index (χ2v) is 6.67. The normalized spacial score (nSPS) is 24.8. The summed E-state index contributed by atoms with van der Waals surface area (Å²) in [7, 11) is 2.10. The lowest BCUT2D eigenvalue weighted by atomic mass is 10.1. The second kappa shape index (κ2) is 7.42. The fraction of sp³-hybridized carbons (Fsp3) is 0.600. The van der Waals surface area contributed by atoms with Crippen molar-refractivity contribution in [1.29, 1.82) is 0 Å². The van der Waals surface area contributed by atoms with Gasteiger partial charge in [-0.15, -0.1) is 0 Å². The van der Waals surface area contributed by atoms with Crippen LogP contribution in [0.3, 0.4) is 0 Å². The Morgan fingerprint density at radius 3 is 2.61 bits per heavy atom. The van der Waals surface area contributed by atoms with Gasteiger partial charge in [0.15, 0.2) is 0 Å². The van der Waals surface area contributed by atoms with Crippen molar-refractivity contribution in [3.05, 3.63) is 34.9 Å². The predicted molar refractivity (Wildman–Crippen MR) is 82.5 cm³/mol. The summed E-state index contributed by atoms with van der Waals surface area (Å²) in [6.07, 6.45) is 6.84. The van der Waals surface area contributed by atoms with Crippen LogP contribution in [0.4, 0.5) is 0 Å². The molecule has 0 bridgehead atoms. The molecule has 1 saturated carbocycles. The Labute approximate surface area is 120 Å². The smallest absolute Gasteiger partial charge is 0.0406 e. The van der Waals surface area contributed by atoms with E-state index in [0.717, 1.165) is 16.0 Å². The number of hydrogen-bond acceptors (Lipinski definition) is 2. The lowest BCUT2D eigenvalue weighted by Gasteiger charge is -2.24. The largest absolute Gasteiger partial charge is 0.316 e. The minimum Gasteiger partial charge on any atom is -0.316 e. The van der Waals surface area contributed by atoms with E-state index < -0.39 is 0 Å². The van der Waals surface area contributed by atoms with E-state index in [1.54, 1.807) is 0 Å². The molecule has 2 atom stereocenters. The molecule has 18 heavy (non-hydrogen) atoms. The van der Waals surface area contributed by atoms with Gasteiger partial charge in [0.25, 0.3) is 0 Å². The van der Waals surface area contributed by atoms with E-state index in [9.17, 15) is 0 Å². The van der Waals surface area contributed by atoms with Crippen LogP contribution in [-0.4, -0.2) is 18.3 Å². The Morgan fingerprint density at radius 1 is 1.17 bits per heavy atom. The van der Waals surface area contributed by atoms with Crippen molar-refractivity contribution in [3.63, 3.8) is 0 Å². The summed E-state index contributed by atoms with van der Waals surface area (Å²) in [5.74, 6) is 1.10. The molecule has 100 valence electrons. The molecule has 0 aromatic heterocycles. The number of rotatable bonds is 4. The molecule has 1 N–H and O–H groups in total. The molecule has 1 nitrogen and oxygen atoms in total. The summed E-state index contributed by atoms with van der Waals surface area (Å²) in [4.78, 5) is 0. The van der Waals surface area contributed by atoms with Gasteiger partial charge in [-0.25, -0.2) is 0 Å². The predicted octanol–water partition coefficient (Wildman–Crippen LogP) is 4.49. The van der Waals surface area contributed by atoms with Crippen LogP contribution >= 0.6 is 23.4 Å². The fourth-order valence-electron chi connectivity index (χ4n) is 2.59. The van der Waals surface area contributed by atoms with Crippen molar-refractivity contribution >= 4 is 23.4 Å². The van der Waals surface area contributed by atoms with Crippen LogP contribution in [0.25, 0.3) is 0 Å². The van der Waals surface area contributed by atoms with Crippen molar-refractivity contribution in [3.8, 4) is 0 Å². The summed E-state index contributed by atoms with van der Waals surface area (Å²) in [5.41, 5.74) is 1.38. The molecule has 1 fully saturated rings. The maximum atomic E-state index is 5.91. The van der Waals surface area contributed by atoms with Crippen LogP contribution in [0, 0.1) is 0 Å². The Morgan fingerprint density at radius 2 is 1.89 bits per heavy atom. The monoisotopic (exact) mass is 283 g/mol. The number of thioether (sulfide) groups is 1. The first-order valence-electron chi connectivity index (χ1n) is 6.83. The van der Waals surface area contributed by atoms with E-state index in [0.29, 0.717) is 6.04 Å². The minimum absolute atomic E-state index is 0.685. The molecule has 1 aliphatic rings. The highest BCUT2D eigenvalue weighted by atomic mass is 35.5. The van der Waals surface area contributed by atoms with E-state index in [1.807, 2.05) is 12.1 Å².